The molecule has 0 unspecified atom stereocenters. The lowest BCUT2D eigenvalue weighted by Crippen LogP contribution is -2.50. The number of halogens is 3. The zero-order valence-electron chi connectivity index (χ0n) is 14.3. The van der Waals surface area contributed by atoms with Gasteiger partial charge in [0.2, 0.25) is 0 Å². The molecule has 0 N–H and O–H groups in total. The number of amides is 1. The van der Waals surface area contributed by atoms with Crippen molar-refractivity contribution < 1.29 is 9.53 Å². The number of hydrogen-bond acceptors (Lipinski definition) is 3. The third-order valence-electron chi connectivity index (χ3n) is 4.39. The fraction of sp³-hybridized carbons (Fsp3) is 0.316. The first-order valence-electron chi connectivity index (χ1n) is 8.31. The molecule has 2 aromatic rings. The van der Waals surface area contributed by atoms with Crippen LogP contribution in [0.1, 0.15) is 5.56 Å². The summed E-state index contributed by atoms with van der Waals surface area (Å²) in [6.45, 7) is 4.82. The van der Waals surface area contributed by atoms with E-state index in [1.54, 1.807) is 23.1 Å². The summed E-state index contributed by atoms with van der Waals surface area (Å²) in [4.78, 5) is 16.5. The average Bonchev–Trinajstić information content (AvgIpc) is 2.63. The van der Waals surface area contributed by atoms with E-state index in [0.29, 0.717) is 28.9 Å². The van der Waals surface area contributed by atoms with Gasteiger partial charge < -0.3 is 14.5 Å². The molecular formula is C19H19Cl3N2O2. The van der Waals surface area contributed by atoms with Gasteiger partial charge in [-0.1, -0.05) is 40.9 Å². The van der Waals surface area contributed by atoms with Crippen LogP contribution in [0.4, 0.5) is 5.69 Å². The number of ether oxygens (including phenoxy) is 1. The van der Waals surface area contributed by atoms with Gasteiger partial charge in [-0.05, 0) is 42.8 Å². The molecule has 0 saturated carbocycles. The standard InChI is InChI=1S/C19H19Cl3N2O2/c1-13-2-3-15(21)11-17(13)23-6-8-24(9-7-23)19(25)12-26-18-5-4-14(20)10-16(18)22/h2-5,10-11H,6-9,12H2,1H3. The molecule has 0 radical (unpaired) electrons. The first-order valence-corrected chi connectivity index (χ1v) is 9.44. The van der Waals surface area contributed by atoms with Crippen LogP contribution in [-0.4, -0.2) is 43.6 Å². The first kappa shape index (κ1) is 19.2. The number of rotatable bonds is 4. The second kappa shape index (κ2) is 8.38. The second-order valence-electron chi connectivity index (χ2n) is 6.16. The molecule has 0 spiro atoms. The van der Waals surface area contributed by atoms with Crippen LogP contribution in [-0.2, 0) is 4.79 Å². The molecule has 2 aromatic carbocycles. The Morgan fingerprint density at radius 1 is 1.00 bits per heavy atom. The zero-order chi connectivity index (χ0) is 18.7. The van der Waals surface area contributed by atoms with E-state index in [0.717, 1.165) is 23.8 Å². The fourth-order valence-electron chi connectivity index (χ4n) is 2.94. The average molecular weight is 414 g/mol. The lowest BCUT2D eigenvalue weighted by atomic mass is 10.1. The predicted octanol–water partition coefficient (Wildman–Crippen LogP) is 4.68. The molecule has 3 rings (SSSR count). The Kier molecular flexibility index (Phi) is 6.17. The number of anilines is 1. The van der Waals surface area contributed by atoms with Crippen LogP contribution in [0.5, 0.6) is 5.75 Å². The number of nitrogens with zero attached hydrogens (tertiary/aromatic N) is 2. The van der Waals surface area contributed by atoms with Gasteiger partial charge in [-0.2, -0.15) is 0 Å². The topological polar surface area (TPSA) is 32.8 Å². The molecule has 7 heteroatoms. The number of piperazine rings is 1. The van der Waals surface area contributed by atoms with E-state index in [-0.39, 0.29) is 12.5 Å². The van der Waals surface area contributed by atoms with Crippen LogP contribution < -0.4 is 9.64 Å². The van der Waals surface area contributed by atoms with Gasteiger partial charge in [0.15, 0.2) is 6.61 Å². The van der Waals surface area contributed by atoms with Gasteiger partial charge in [0.1, 0.15) is 5.75 Å². The number of carbonyl (C=O) groups excluding carboxylic acids is 1. The van der Waals surface area contributed by atoms with E-state index in [2.05, 4.69) is 11.8 Å². The third-order valence-corrected chi connectivity index (χ3v) is 5.15. The maximum absolute atomic E-state index is 12.4. The summed E-state index contributed by atoms with van der Waals surface area (Å²) in [5.41, 5.74) is 2.30. The minimum atomic E-state index is -0.0570. The van der Waals surface area contributed by atoms with Gasteiger partial charge in [-0.15, -0.1) is 0 Å². The van der Waals surface area contributed by atoms with Crippen molar-refractivity contribution in [3.05, 3.63) is 57.0 Å². The largest absolute Gasteiger partial charge is 0.482 e. The Bertz CT molecular complexity index is 805. The van der Waals surface area contributed by atoms with Gasteiger partial charge in [-0.3, -0.25) is 4.79 Å². The van der Waals surface area contributed by atoms with Gasteiger partial charge in [-0.25, -0.2) is 0 Å². The molecule has 1 fully saturated rings. The smallest absolute Gasteiger partial charge is 0.260 e. The number of aryl methyl sites for hydroxylation is 1. The van der Waals surface area contributed by atoms with E-state index < -0.39 is 0 Å². The van der Waals surface area contributed by atoms with E-state index in [1.807, 2.05) is 18.2 Å². The molecule has 1 aliphatic heterocycles. The summed E-state index contributed by atoms with van der Waals surface area (Å²) >= 11 is 18.0. The Hall–Kier alpha value is -1.62. The SMILES string of the molecule is Cc1ccc(Cl)cc1N1CCN(C(=O)COc2ccc(Cl)cc2Cl)CC1. The molecule has 0 atom stereocenters. The van der Waals surface area contributed by atoms with Gasteiger partial charge in [0.05, 0.1) is 5.02 Å². The van der Waals surface area contributed by atoms with E-state index in [4.69, 9.17) is 39.5 Å². The second-order valence-corrected chi connectivity index (χ2v) is 7.44. The lowest BCUT2D eigenvalue weighted by molar-refractivity contribution is -0.133. The van der Waals surface area contributed by atoms with Crippen molar-refractivity contribution in [1.82, 2.24) is 4.90 Å². The molecule has 1 heterocycles. The number of hydrogen-bond donors (Lipinski definition) is 0. The van der Waals surface area contributed by atoms with Crippen LogP contribution in [0.15, 0.2) is 36.4 Å². The summed E-state index contributed by atoms with van der Waals surface area (Å²) in [7, 11) is 0. The summed E-state index contributed by atoms with van der Waals surface area (Å²) in [6, 6.07) is 10.8. The first-order chi connectivity index (χ1) is 12.4. The highest BCUT2D eigenvalue weighted by molar-refractivity contribution is 6.35. The maximum atomic E-state index is 12.4. The van der Waals surface area contributed by atoms with Crippen molar-refractivity contribution in [2.75, 3.05) is 37.7 Å². The monoisotopic (exact) mass is 412 g/mol. The van der Waals surface area contributed by atoms with Crippen molar-refractivity contribution in [2.24, 2.45) is 0 Å². The predicted molar refractivity (Wildman–Crippen MR) is 107 cm³/mol. The Labute approximate surface area is 168 Å². The molecule has 1 amide bonds. The lowest BCUT2D eigenvalue weighted by Gasteiger charge is -2.36. The van der Waals surface area contributed by atoms with Crippen molar-refractivity contribution >= 4 is 46.4 Å². The minimum Gasteiger partial charge on any atom is -0.482 e. The summed E-state index contributed by atoms with van der Waals surface area (Å²) in [5, 5.41) is 1.64. The van der Waals surface area contributed by atoms with Crippen molar-refractivity contribution in [3.8, 4) is 5.75 Å². The van der Waals surface area contributed by atoms with Crippen molar-refractivity contribution in [3.63, 3.8) is 0 Å². The van der Waals surface area contributed by atoms with Crippen LogP contribution in [0.3, 0.4) is 0 Å². The molecule has 4 nitrogen and oxygen atoms in total. The van der Waals surface area contributed by atoms with Gasteiger partial charge >= 0.3 is 0 Å². The van der Waals surface area contributed by atoms with E-state index in [9.17, 15) is 4.79 Å². The van der Waals surface area contributed by atoms with Crippen molar-refractivity contribution in [2.45, 2.75) is 6.92 Å². The van der Waals surface area contributed by atoms with Crippen LogP contribution in [0.25, 0.3) is 0 Å². The van der Waals surface area contributed by atoms with Crippen LogP contribution in [0, 0.1) is 6.92 Å². The fourth-order valence-corrected chi connectivity index (χ4v) is 3.57. The quantitative estimate of drug-likeness (QED) is 0.729. The Balaban J connectivity index is 1.54. The molecule has 0 aliphatic carbocycles. The molecule has 0 aromatic heterocycles. The van der Waals surface area contributed by atoms with E-state index in [1.165, 1.54) is 5.56 Å². The number of carbonyl (C=O) groups is 1. The molecule has 26 heavy (non-hydrogen) atoms. The molecule has 138 valence electrons. The highest BCUT2D eigenvalue weighted by Crippen LogP contribution is 2.28. The maximum Gasteiger partial charge on any atom is 0.260 e. The molecule has 0 bridgehead atoms. The highest BCUT2D eigenvalue weighted by atomic mass is 35.5. The summed E-state index contributed by atoms with van der Waals surface area (Å²) in [6.07, 6.45) is 0. The molecule has 1 saturated heterocycles. The third kappa shape index (κ3) is 4.56. The Morgan fingerprint density at radius 2 is 1.65 bits per heavy atom. The summed E-state index contributed by atoms with van der Waals surface area (Å²) in [5.74, 6) is 0.399. The van der Waals surface area contributed by atoms with Crippen LogP contribution in [0.2, 0.25) is 15.1 Å². The zero-order valence-corrected chi connectivity index (χ0v) is 16.6. The normalized spacial score (nSPS) is 14.5. The van der Waals surface area contributed by atoms with Crippen molar-refractivity contribution in [1.29, 1.82) is 0 Å². The van der Waals surface area contributed by atoms with Crippen LogP contribution >= 0.6 is 34.8 Å². The van der Waals surface area contributed by atoms with Gasteiger partial charge in [0, 0.05) is 41.9 Å². The molecule has 1 aliphatic rings. The molecular weight excluding hydrogens is 395 g/mol. The Morgan fingerprint density at radius 3 is 2.35 bits per heavy atom. The van der Waals surface area contributed by atoms with Gasteiger partial charge in [0.25, 0.3) is 5.91 Å². The summed E-state index contributed by atoms with van der Waals surface area (Å²) < 4.78 is 5.54. The number of benzene rings is 2. The minimum absolute atomic E-state index is 0.0441. The van der Waals surface area contributed by atoms with E-state index >= 15 is 0 Å². The highest BCUT2D eigenvalue weighted by Gasteiger charge is 2.22.